The van der Waals surface area contributed by atoms with Gasteiger partial charge < -0.3 is 4.90 Å². The molecule has 3 saturated heterocycles. The minimum Gasteiger partial charge on any atom is -0.341 e. The number of amides is 2. The summed E-state index contributed by atoms with van der Waals surface area (Å²) in [5, 5.41) is 1.50. The molecule has 2 amide bonds. The second kappa shape index (κ2) is 9.15. The lowest BCUT2D eigenvalue weighted by molar-refractivity contribution is -0.182. The summed E-state index contributed by atoms with van der Waals surface area (Å²) in [6.07, 6.45) is 11.3. The van der Waals surface area contributed by atoms with Gasteiger partial charge in [-0.15, -0.1) is 0 Å². The topological polar surface area (TPSA) is 105 Å². The van der Waals surface area contributed by atoms with Gasteiger partial charge in [-0.1, -0.05) is 0 Å². The largest absolute Gasteiger partial charge is 0.341 e. The van der Waals surface area contributed by atoms with Crippen molar-refractivity contribution in [2.24, 2.45) is 5.92 Å². The Kier molecular flexibility index (Phi) is 5.93. The van der Waals surface area contributed by atoms with Gasteiger partial charge in [0.15, 0.2) is 0 Å². The predicted molar refractivity (Wildman–Crippen MR) is 115 cm³/mol. The van der Waals surface area contributed by atoms with Crippen LogP contribution in [0.25, 0.3) is 0 Å². The molecule has 3 fully saturated rings. The quantitative estimate of drug-likeness (QED) is 0.714. The zero-order valence-electron chi connectivity index (χ0n) is 18.0. The number of anilines is 2. The van der Waals surface area contributed by atoms with E-state index >= 15 is 0 Å². The number of hydrogen-bond donors (Lipinski definition) is 0. The number of aromatic nitrogens is 4. The van der Waals surface area contributed by atoms with Crippen molar-refractivity contribution in [1.29, 1.82) is 0 Å². The van der Waals surface area contributed by atoms with E-state index in [2.05, 4.69) is 24.8 Å². The molecule has 0 bridgehead atoms. The first-order chi connectivity index (χ1) is 15.7. The van der Waals surface area contributed by atoms with Gasteiger partial charge in [-0.05, 0) is 31.7 Å². The fourth-order valence-electron chi connectivity index (χ4n) is 4.63. The Bertz CT molecular complexity index is 965. The third-order valence-electron chi connectivity index (χ3n) is 6.40. The van der Waals surface area contributed by atoms with E-state index in [0.29, 0.717) is 57.3 Å². The highest BCUT2D eigenvalue weighted by molar-refractivity contribution is 5.93. The molecule has 10 heteroatoms. The van der Waals surface area contributed by atoms with E-state index in [9.17, 15) is 9.59 Å². The highest BCUT2D eigenvalue weighted by atomic mass is 16.7. The molecular formula is C22H27N7O3. The van der Waals surface area contributed by atoms with Crippen LogP contribution in [-0.2, 0) is 14.4 Å². The Balaban J connectivity index is 1.22. The molecule has 2 aromatic rings. The molecule has 168 valence electrons. The Hall–Kier alpha value is -3.14. The Morgan fingerprint density at radius 3 is 2.69 bits per heavy atom. The molecule has 0 N–H and O–H groups in total. The molecule has 0 unspecified atom stereocenters. The third kappa shape index (κ3) is 4.14. The fraction of sp³-hybridized carbons (Fsp3) is 0.545. The first-order valence-electron chi connectivity index (χ1n) is 11.3. The summed E-state index contributed by atoms with van der Waals surface area (Å²) < 4.78 is 0. The molecule has 3 aliphatic heterocycles. The Morgan fingerprint density at radius 1 is 1.03 bits per heavy atom. The van der Waals surface area contributed by atoms with E-state index < -0.39 is 0 Å². The van der Waals surface area contributed by atoms with Crippen molar-refractivity contribution in [2.75, 3.05) is 36.0 Å². The van der Waals surface area contributed by atoms with Crippen LogP contribution in [0.1, 0.15) is 50.3 Å². The van der Waals surface area contributed by atoms with Crippen molar-refractivity contribution < 1.29 is 14.4 Å². The van der Waals surface area contributed by atoms with Crippen molar-refractivity contribution in [2.45, 2.75) is 44.6 Å². The number of piperidine rings is 2. The molecule has 10 nitrogen and oxygen atoms in total. The molecule has 5 heterocycles. The maximum absolute atomic E-state index is 13.2. The van der Waals surface area contributed by atoms with Gasteiger partial charge in [0.25, 0.3) is 0 Å². The van der Waals surface area contributed by atoms with Crippen LogP contribution in [0.15, 0.2) is 30.9 Å². The molecule has 3 aliphatic rings. The van der Waals surface area contributed by atoms with Crippen molar-refractivity contribution in [3.05, 3.63) is 36.5 Å². The molecule has 0 spiro atoms. The monoisotopic (exact) mass is 437 g/mol. The molecule has 32 heavy (non-hydrogen) atoms. The van der Waals surface area contributed by atoms with Crippen LogP contribution >= 0.6 is 0 Å². The number of nitrogens with zero attached hydrogens (tertiary/aromatic N) is 7. The van der Waals surface area contributed by atoms with Gasteiger partial charge in [0.2, 0.25) is 17.8 Å². The highest BCUT2D eigenvalue weighted by Crippen LogP contribution is 2.32. The van der Waals surface area contributed by atoms with Crippen molar-refractivity contribution in [3.8, 4) is 0 Å². The summed E-state index contributed by atoms with van der Waals surface area (Å²) in [6, 6.07) is 1.61. The smallest absolute Gasteiger partial charge is 0.250 e. The average Bonchev–Trinajstić information content (AvgIpc) is 3.35. The van der Waals surface area contributed by atoms with Crippen LogP contribution < -0.4 is 9.80 Å². The lowest BCUT2D eigenvalue weighted by atomic mass is 9.95. The summed E-state index contributed by atoms with van der Waals surface area (Å²) in [5.41, 5.74) is 0.758. The van der Waals surface area contributed by atoms with E-state index in [1.807, 2.05) is 0 Å². The number of carbonyl (C=O) groups excluding carboxylic acids is 2. The van der Waals surface area contributed by atoms with Gasteiger partial charge in [-0.2, -0.15) is 4.98 Å². The third-order valence-corrected chi connectivity index (χ3v) is 6.40. The van der Waals surface area contributed by atoms with Crippen molar-refractivity contribution in [3.63, 3.8) is 0 Å². The van der Waals surface area contributed by atoms with Gasteiger partial charge >= 0.3 is 0 Å². The standard InChI is InChI=1S/C22H27N7O3/c30-20-3-1-2-11-28(20)19-4-8-25-22(26-19)27-12-5-16(6-13-27)21(31)29-18(7-14-32-29)17-15-23-9-10-24-17/h4,8-10,15-16,18H,1-3,5-7,11-14H2/t18-/m0/s1. The van der Waals surface area contributed by atoms with Crippen molar-refractivity contribution in [1.82, 2.24) is 25.0 Å². The van der Waals surface area contributed by atoms with E-state index in [1.165, 1.54) is 5.06 Å². The lowest BCUT2D eigenvalue weighted by Gasteiger charge is -2.34. The number of hydroxylamine groups is 2. The predicted octanol–water partition coefficient (Wildman–Crippen LogP) is 1.91. The highest BCUT2D eigenvalue weighted by Gasteiger charge is 2.38. The van der Waals surface area contributed by atoms with E-state index in [-0.39, 0.29) is 23.8 Å². The number of hydrogen-bond acceptors (Lipinski definition) is 8. The molecule has 0 aliphatic carbocycles. The van der Waals surface area contributed by atoms with E-state index in [4.69, 9.17) is 4.84 Å². The molecular weight excluding hydrogens is 410 g/mol. The maximum Gasteiger partial charge on any atom is 0.250 e. The van der Waals surface area contributed by atoms with Gasteiger partial charge in [-0.25, -0.2) is 10.0 Å². The second-order valence-corrected chi connectivity index (χ2v) is 8.41. The zero-order chi connectivity index (χ0) is 21.9. The number of carbonyl (C=O) groups is 2. The van der Waals surface area contributed by atoms with E-state index in [1.54, 1.807) is 35.8 Å². The maximum atomic E-state index is 13.2. The minimum atomic E-state index is -0.184. The zero-order valence-corrected chi connectivity index (χ0v) is 18.0. The summed E-state index contributed by atoms with van der Waals surface area (Å²) in [6.45, 7) is 2.56. The average molecular weight is 438 g/mol. The molecule has 0 saturated carbocycles. The molecule has 2 aromatic heterocycles. The summed E-state index contributed by atoms with van der Waals surface area (Å²) in [7, 11) is 0. The van der Waals surface area contributed by atoms with Gasteiger partial charge in [0.05, 0.1) is 18.5 Å². The summed E-state index contributed by atoms with van der Waals surface area (Å²) >= 11 is 0. The van der Waals surface area contributed by atoms with Crippen LogP contribution in [-0.4, -0.2) is 63.1 Å². The minimum absolute atomic E-state index is 0.00591. The second-order valence-electron chi connectivity index (χ2n) is 8.41. The van der Waals surface area contributed by atoms with E-state index in [0.717, 1.165) is 25.0 Å². The molecule has 5 rings (SSSR count). The molecule has 1 atom stereocenters. The van der Waals surface area contributed by atoms with Crippen LogP contribution in [0, 0.1) is 5.92 Å². The van der Waals surface area contributed by atoms with Crippen molar-refractivity contribution >= 4 is 23.6 Å². The van der Waals surface area contributed by atoms with Gasteiger partial charge in [-0.3, -0.25) is 29.3 Å². The van der Waals surface area contributed by atoms with Gasteiger partial charge in [0, 0.05) is 57.0 Å². The summed E-state index contributed by atoms with van der Waals surface area (Å²) in [5.74, 6) is 1.28. The summed E-state index contributed by atoms with van der Waals surface area (Å²) in [4.78, 5) is 52.5. The van der Waals surface area contributed by atoms with Crippen LogP contribution in [0.4, 0.5) is 11.8 Å². The molecule has 0 aromatic carbocycles. The van der Waals surface area contributed by atoms with Crippen LogP contribution in [0.2, 0.25) is 0 Å². The van der Waals surface area contributed by atoms with Crippen LogP contribution in [0.5, 0.6) is 0 Å². The first-order valence-corrected chi connectivity index (χ1v) is 11.3. The van der Waals surface area contributed by atoms with Gasteiger partial charge in [0.1, 0.15) is 11.9 Å². The normalized spacial score (nSPS) is 22.4. The fourth-order valence-corrected chi connectivity index (χ4v) is 4.63. The SMILES string of the molecule is O=C1CCCCN1c1ccnc(N2CCC(C(=O)N3OCC[C@H]3c3cnccn3)CC2)n1. The molecule has 0 radical (unpaired) electrons. The number of rotatable bonds is 4. The Labute approximate surface area is 186 Å². The lowest BCUT2D eigenvalue weighted by Crippen LogP contribution is -2.43. The Morgan fingerprint density at radius 2 is 1.91 bits per heavy atom. The first kappa shape index (κ1) is 20.7. The van der Waals surface area contributed by atoms with Crippen LogP contribution in [0.3, 0.4) is 0 Å².